The van der Waals surface area contributed by atoms with Gasteiger partial charge in [0.2, 0.25) is 10.0 Å². The smallest absolute Gasteiger partial charge is 0.456 e. The molecule has 9 aromatic rings. The fourth-order valence-corrected chi connectivity index (χ4v) is 22.9. The number of ether oxygens (including phenoxy) is 2. The van der Waals surface area contributed by atoms with Gasteiger partial charge in [0, 0.05) is 177 Å². The Labute approximate surface area is 784 Å². The second-order valence-electron chi connectivity index (χ2n) is 38.4. The van der Waals surface area contributed by atoms with Crippen molar-refractivity contribution in [3.05, 3.63) is 236 Å². The molecule has 4 spiro atoms. The highest BCUT2D eigenvalue weighted by molar-refractivity contribution is 7.89. The number of likely N-dealkylation sites (N-methyl/N-ethyl adjacent to an activating group) is 2. The first kappa shape index (κ1) is 96.8. The van der Waals surface area contributed by atoms with Gasteiger partial charge in [0.05, 0.1) is 51.6 Å². The molecule has 6 fully saturated rings. The summed E-state index contributed by atoms with van der Waals surface area (Å²) in [5, 5.41) is 14.1. The number of likely N-dealkylation sites (tertiary alicyclic amines) is 4. The fraction of sp³-hybridized carbons (Fsp3) is 0.495. The van der Waals surface area contributed by atoms with Gasteiger partial charge in [-0.1, -0.05) is 48.0 Å². The average molecular weight is 1910 g/mol. The second-order valence-corrected chi connectivity index (χ2v) is 40.5. The van der Waals surface area contributed by atoms with Gasteiger partial charge >= 0.3 is 18.5 Å². The predicted octanol–water partition coefficient (Wildman–Crippen LogP) is 17.3. The number of ketones is 1. The summed E-state index contributed by atoms with van der Waals surface area (Å²) in [6.45, 7) is 21.3. The summed E-state index contributed by atoms with van der Waals surface area (Å²) in [6.07, 6.45) is -3.08. The number of nitrogens with one attached hydrogen (secondary N) is 2. The number of carbonyl (C=O) groups excluding carboxylic acids is 5. The number of piperidine rings is 4. The second kappa shape index (κ2) is 37.6. The summed E-state index contributed by atoms with van der Waals surface area (Å²) in [6, 6.07) is 43.1. The Morgan fingerprint density at radius 1 is 0.515 bits per heavy atom. The Kier molecular flexibility index (Phi) is 27.2. The number of aryl methyl sites for hydroxylation is 1. The number of aliphatic hydroxyl groups is 1. The maximum Gasteiger partial charge on any atom is 0.456 e. The molecule has 4 aromatic carbocycles. The number of nitrogens with zero attached hydrogens (tertiary/aromatic N) is 12. The number of alkyl halides is 9. The SMILES string of the molecule is CC(C)Oc1ccc(C(=O)N2CCC3(CC2)c2ccc(C(F)(F)F)n2CCN3C)cc1CO.CC1(C)Cn2c(C(=O)C(F)(F)F)ccc2C2(CCN(C(=O)c3ccc(-c4ccccc4)cn3)CC2)N1.Cc1cc(C(=O)N2CCC3(CC2)c2ccc(Cl)n2CCN3C)ccc1OC(C)C.O=C(c1ccc(S(=O)(=O)NC2CC2)cc1)N1CCC2(CC1)c1ccc(C(F)(F)F)n1CCN2C1CC1.[HH].[HH].[HH]. The standard InChI is InChI=1S/C27H27F3N4O2.C25H29F3N4O3S.C24H30F3N3O3.C23H30ClN3O2.3H2/c1-25(2)17-34-21(23(35)27(28,29)30)10-11-22(34)26(32-25)12-14-33(15-13-26)24(36)20-9-8-19(16-31-20)18-6-4-3-5-7-18;26-25(27,28)22-10-9-21-24(32(19-5-6-19)16-15-31(21)22)11-13-30(14-12-24)23(33)17-1-7-20(8-2-17)36(34,35)29-18-3-4-18;1-16(2)33-19-5-4-17(14-18(19)15-31)22(32)29-10-8-23(9-11-29)20-6-7-21(24(25,26)27)30(20)13-12-28(23)3;1-16(2)29-19-6-5-18(15-17(19)3)22(28)26-11-9-23(10-12-26)20-7-8-21(24)27(20)14-13-25(23)4;;;/h3-11,16,32H,12-15,17H2,1-2H3;1-2,7-10,18-19,29H,3-6,11-16H2;4-7,14,16,31H,8-13,15H2,1-3H3;5-8,15-16H,9-14H2,1-4H3;3*1H. The van der Waals surface area contributed by atoms with E-state index in [1.54, 1.807) is 63.4 Å². The minimum atomic E-state index is -4.93. The summed E-state index contributed by atoms with van der Waals surface area (Å²) >= 11 is 6.40. The summed E-state index contributed by atoms with van der Waals surface area (Å²) in [5.74, 6) is -0.861. The fourth-order valence-electron chi connectivity index (χ4n) is 21.4. The lowest BCUT2D eigenvalue weighted by atomic mass is 9.79. The maximum atomic E-state index is 13.6. The maximum absolute atomic E-state index is 13.6. The molecule has 4 amide bonds. The lowest BCUT2D eigenvalue weighted by Crippen LogP contribution is -2.63. The van der Waals surface area contributed by atoms with Crippen LogP contribution in [0.5, 0.6) is 11.5 Å². The highest BCUT2D eigenvalue weighted by Gasteiger charge is 2.55. The number of aliphatic hydroxyl groups excluding tert-OH is 1. The molecule has 0 radical (unpaired) electrons. The lowest BCUT2D eigenvalue weighted by Gasteiger charge is -2.52. The number of hydrogen-bond donors (Lipinski definition) is 3. The number of sulfonamides is 1. The van der Waals surface area contributed by atoms with Gasteiger partial charge in [-0.15, -0.1) is 0 Å². The van der Waals surface area contributed by atoms with Crippen LogP contribution in [0.15, 0.2) is 163 Å². The molecule has 2 aliphatic carbocycles. The first-order chi connectivity index (χ1) is 63.5. The molecule has 2 saturated carbocycles. The molecule has 724 valence electrons. The van der Waals surface area contributed by atoms with Crippen LogP contribution < -0.4 is 19.5 Å². The van der Waals surface area contributed by atoms with Crippen molar-refractivity contribution in [2.24, 2.45) is 0 Å². The molecular formula is C99H122ClF9N14O10S. The highest BCUT2D eigenvalue weighted by atomic mass is 35.5. The van der Waals surface area contributed by atoms with E-state index in [1.807, 2.05) is 121 Å². The van der Waals surface area contributed by atoms with Crippen molar-refractivity contribution in [1.29, 1.82) is 0 Å². The minimum absolute atomic E-state index is 0. The van der Waals surface area contributed by atoms with Crippen LogP contribution >= 0.6 is 11.6 Å². The number of hydrogen-bond acceptors (Lipinski definition) is 15. The number of halogens is 10. The Morgan fingerprint density at radius 2 is 0.985 bits per heavy atom. The van der Waals surface area contributed by atoms with E-state index in [4.69, 9.17) is 21.1 Å². The van der Waals surface area contributed by atoms with E-state index < -0.39 is 67.9 Å². The third-order valence-electron chi connectivity index (χ3n) is 28.4. The molecule has 24 nitrogen and oxygen atoms in total. The van der Waals surface area contributed by atoms with Crippen LogP contribution in [0.2, 0.25) is 5.15 Å². The van der Waals surface area contributed by atoms with Gasteiger partial charge in [0.15, 0.2) is 0 Å². The van der Waals surface area contributed by atoms with Crippen LogP contribution in [-0.2, 0) is 77.3 Å². The van der Waals surface area contributed by atoms with Gasteiger partial charge in [0.25, 0.3) is 29.4 Å². The van der Waals surface area contributed by atoms with E-state index in [2.05, 4.69) is 47.4 Å². The molecule has 35 heteroatoms. The Bertz CT molecular complexity index is 5950. The number of rotatable bonds is 15. The molecule has 13 heterocycles. The van der Waals surface area contributed by atoms with Gasteiger partial charge in [-0.2, -0.15) is 39.5 Å². The number of Topliss-reactive ketones (excluding diaryl/α,β-unsaturated/α-hetero) is 1. The first-order valence-corrected chi connectivity index (χ1v) is 48.0. The van der Waals surface area contributed by atoms with Crippen molar-refractivity contribution >= 4 is 51.0 Å². The zero-order valence-corrected chi connectivity index (χ0v) is 78.4. The van der Waals surface area contributed by atoms with E-state index in [-0.39, 0.29) is 75.4 Å². The molecule has 4 saturated heterocycles. The van der Waals surface area contributed by atoms with Crippen LogP contribution in [0, 0.1) is 6.92 Å². The van der Waals surface area contributed by atoms with Crippen LogP contribution in [0.3, 0.4) is 0 Å². The number of amides is 4. The topological polar surface area (TPSA) is 238 Å². The molecule has 0 atom stereocenters. The van der Waals surface area contributed by atoms with Crippen LogP contribution in [0.4, 0.5) is 39.5 Å². The van der Waals surface area contributed by atoms with Crippen molar-refractivity contribution in [3.63, 3.8) is 0 Å². The predicted molar refractivity (Wildman–Crippen MR) is 493 cm³/mol. The number of carbonyl (C=O) groups is 5. The highest BCUT2D eigenvalue weighted by Crippen LogP contribution is 2.51. The van der Waals surface area contributed by atoms with Gasteiger partial charge < -0.3 is 52.4 Å². The van der Waals surface area contributed by atoms with Crippen molar-refractivity contribution < 1.29 is 90.8 Å². The summed E-state index contributed by atoms with van der Waals surface area (Å²) in [5.41, 5.74) is 4.98. The molecule has 5 aromatic heterocycles. The molecule has 10 aliphatic rings. The normalized spacial score (nSPS) is 19.7. The van der Waals surface area contributed by atoms with E-state index in [9.17, 15) is 77.0 Å². The Morgan fingerprint density at radius 3 is 1.49 bits per heavy atom. The average Bonchev–Trinajstić information content (AvgIpc) is 1.30. The zero-order chi connectivity index (χ0) is 95.7. The van der Waals surface area contributed by atoms with Crippen LogP contribution in [0.25, 0.3) is 11.1 Å². The third-order valence-corrected chi connectivity index (χ3v) is 30.3. The van der Waals surface area contributed by atoms with E-state index >= 15 is 0 Å². The Hall–Kier alpha value is -10.3. The van der Waals surface area contributed by atoms with Crippen molar-refractivity contribution in [2.45, 2.75) is 234 Å². The number of fused-ring (bicyclic) bond motifs is 8. The number of pyridine rings is 1. The molecule has 0 bridgehead atoms. The quantitative estimate of drug-likeness (QED) is 0.0639. The molecule has 134 heavy (non-hydrogen) atoms. The minimum Gasteiger partial charge on any atom is -0.491 e. The van der Waals surface area contributed by atoms with Gasteiger partial charge in [-0.3, -0.25) is 49.0 Å². The van der Waals surface area contributed by atoms with E-state index in [0.717, 1.165) is 97.9 Å². The molecule has 3 N–H and O–H groups in total. The van der Waals surface area contributed by atoms with Crippen LogP contribution in [0.1, 0.15) is 220 Å². The molecule has 19 rings (SSSR count). The first-order valence-electron chi connectivity index (χ1n) is 46.1. The monoisotopic (exact) mass is 1900 g/mol. The largest absolute Gasteiger partial charge is 0.491 e. The van der Waals surface area contributed by atoms with Gasteiger partial charge in [-0.05, 0) is 266 Å². The van der Waals surface area contributed by atoms with Crippen LogP contribution in [-0.4, -0.2) is 223 Å². The van der Waals surface area contributed by atoms with Crippen molar-refractivity contribution in [3.8, 4) is 22.6 Å². The molecule has 0 unspecified atom stereocenters. The van der Waals surface area contributed by atoms with E-state index in [1.165, 1.54) is 61.9 Å². The summed E-state index contributed by atoms with van der Waals surface area (Å²) in [7, 11) is 0.549. The van der Waals surface area contributed by atoms with E-state index in [0.29, 0.717) is 155 Å². The third kappa shape index (κ3) is 19.6. The molecule has 8 aliphatic heterocycles. The Balaban J connectivity index is 0.000000154. The van der Waals surface area contributed by atoms with Crippen molar-refractivity contribution in [2.75, 3.05) is 86.1 Å². The number of benzene rings is 4. The van der Waals surface area contributed by atoms with Gasteiger partial charge in [-0.25, -0.2) is 13.1 Å². The van der Waals surface area contributed by atoms with Crippen molar-refractivity contribution in [1.82, 2.24) is 67.6 Å². The molecular weight excluding hydrogens is 1780 g/mol. The van der Waals surface area contributed by atoms with Gasteiger partial charge in [0.1, 0.15) is 33.7 Å². The zero-order valence-electron chi connectivity index (χ0n) is 76.8. The lowest BCUT2D eigenvalue weighted by molar-refractivity contribution is -0.145. The summed E-state index contributed by atoms with van der Waals surface area (Å²) in [4.78, 5) is 83.4. The summed E-state index contributed by atoms with van der Waals surface area (Å²) < 4.78 is 166. The number of aromatic nitrogens is 5.